The fourth-order valence-electron chi connectivity index (χ4n) is 1.74. The summed E-state index contributed by atoms with van der Waals surface area (Å²) in [7, 11) is 2.88. The highest BCUT2D eigenvalue weighted by Gasteiger charge is 2.15. The lowest BCUT2D eigenvalue weighted by Gasteiger charge is -2.11. The van der Waals surface area contributed by atoms with Crippen molar-refractivity contribution in [1.82, 2.24) is 19.1 Å². The van der Waals surface area contributed by atoms with E-state index in [9.17, 15) is 9.59 Å². The first-order valence-electron chi connectivity index (χ1n) is 5.63. The standard InChI is InChI=1S/C10H15N5O4/c1-14-7-6(8(18)15(2)10(14)19)12-9(13-7)11-5(3-16)4-17/h5,16-17H,3-4H2,1-2H3,(H2,11,12,13). The summed E-state index contributed by atoms with van der Waals surface area (Å²) < 4.78 is 2.21. The number of aliphatic hydroxyl groups is 2. The Bertz CT molecular complexity index is 709. The van der Waals surface area contributed by atoms with E-state index in [1.165, 1.54) is 18.7 Å². The van der Waals surface area contributed by atoms with Crippen LogP contribution >= 0.6 is 0 Å². The summed E-state index contributed by atoms with van der Waals surface area (Å²) in [5.41, 5.74) is -0.563. The molecule has 0 aliphatic heterocycles. The first-order chi connectivity index (χ1) is 8.99. The number of aromatic amines is 1. The molecule has 2 aromatic rings. The smallest absolute Gasteiger partial charge is 0.332 e. The van der Waals surface area contributed by atoms with Crippen molar-refractivity contribution in [3.8, 4) is 0 Å². The Balaban J connectivity index is 2.58. The second-order valence-corrected chi connectivity index (χ2v) is 4.20. The number of H-pyrrole nitrogens is 1. The molecule has 0 spiro atoms. The second kappa shape index (κ2) is 4.86. The molecule has 0 saturated carbocycles. The third kappa shape index (κ3) is 2.13. The first kappa shape index (κ1) is 13.3. The number of rotatable bonds is 4. The van der Waals surface area contributed by atoms with E-state index in [2.05, 4.69) is 15.3 Å². The van der Waals surface area contributed by atoms with Crippen LogP contribution < -0.4 is 16.6 Å². The predicted molar refractivity (Wildman–Crippen MR) is 68.2 cm³/mol. The van der Waals surface area contributed by atoms with Gasteiger partial charge in [0, 0.05) is 14.1 Å². The molecular weight excluding hydrogens is 254 g/mol. The number of aromatic nitrogens is 4. The largest absolute Gasteiger partial charge is 0.394 e. The molecule has 0 bridgehead atoms. The van der Waals surface area contributed by atoms with E-state index in [0.29, 0.717) is 0 Å². The average Bonchev–Trinajstić information content (AvgIpc) is 2.84. The SMILES string of the molecule is Cn1c(=O)c2[nH]c(NC(CO)CO)nc2n(C)c1=O. The second-order valence-electron chi connectivity index (χ2n) is 4.20. The highest BCUT2D eigenvalue weighted by atomic mass is 16.3. The van der Waals surface area contributed by atoms with Crippen molar-refractivity contribution < 1.29 is 10.2 Å². The van der Waals surface area contributed by atoms with E-state index in [4.69, 9.17) is 10.2 Å². The summed E-state index contributed by atoms with van der Waals surface area (Å²) >= 11 is 0. The summed E-state index contributed by atoms with van der Waals surface area (Å²) in [5, 5.41) is 20.7. The quantitative estimate of drug-likeness (QED) is 0.496. The van der Waals surface area contributed by atoms with Gasteiger partial charge in [-0.25, -0.2) is 4.79 Å². The predicted octanol–water partition coefficient (Wildman–Crippen LogP) is -2.27. The highest BCUT2D eigenvalue weighted by molar-refractivity contribution is 5.72. The van der Waals surface area contributed by atoms with Gasteiger partial charge in [-0.1, -0.05) is 0 Å². The molecule has 19 heavy (non-hydrogen) atoms. The van der Waals surface area contributed by atoms with Gasteiger partial charge in [0.25, 0.3) is 5.56 Å². The van der Waals surface area contributed by atoms with E-state index in [-0.39, 0.29) is 30.3 Å². The summed E-state index contributed by atoms with van der Waals surface area (Å²) in [5.74, 6) is 0.210. The lowest BCUT2D eigenvalue weighted by molar-refractivity contribution is 0.203. The van der Waals surface area contributed by atoms with E-state index in [1.54, 1.807) is 0 Å². The number of aryl methyl sites for hydroxylation is 1. The molecular formula is C10H15N5O4. The Hall–Kier alpha value is -2.13. The number of aliphatic hydroxyl groups excluding tert-OH is 2. The van der Waals surface area contributed by atoms with E-state index in [1.807, 2.05) is 0 Å². The maximum Gasteiger partial charge on any atom is 0.332 e. The Morgan fingerprint density at radius 3 is 2.47 bits per heavy atom. The Morgan fingerprint density at radius 1 is 1.26 bits per heavy atom. The molecule has 0 aromatic carbocycles. The van der Waals surface area contributed by atoms with Crippen molar-refractivity contribution >= 4 is 17.1 Å². The molecule has 4 N–H and O–H groups in total. The Morgan fingerprint density at radius 2 is 1.89 bits per heavy atom. The van der Waals surface area contributed by atoms with Crippen LogP contribution in [0.15, 0.2) is 9.59 Å². The van der Waals surface area contributed by atoms with Crippen LogP contribution in [0.1, 0.15) is 0 Å². The molecule has 2 heterocycles. The van der Waals surface area contributed by atoms with Gasteiger partial charge in [0.1, 0.15) is 0 Å². The van der Waals surface area contributed by atoms with Crippen molar-refractivity contribution in [2.75, 3.05) is 18.5 Å². The van der Waals surface area contributed by atoms with Crippen LogP contribution in [-0.2, 0) is 14.1 Å². The fourth-order valence-corrected chi connectivity index (χ4v) is 1.74. The zero-order valence-electron chi connectivity index (χ0n) is 10.5. The van der Waals surface area contributed by atoms with Gasteiger partial charge in [-0.2, -0.15) is 4.98 Å². The van der Waals surface area contributed by atoms with Crippen molar-refractivity contribution in [3.63, 3.8) is 0 Å². The van der Waals surface area contributed by atoms with Gasteiger partial charge in [-0.3, -0.25) is 13.9 Å². The zero-order chi connectivity index (χ0) is 14.2. The van der Waals surface area contributed by atoms with Gasteiger partial charge in [0.2, 0.25) is 5.95 Å². The Labute approximate surface area is 107 Å². The number of anilines is 1. The van der Waals surface area contributed by atoms with Gasteiger partial charge in [0.05, 0.1) is 19.3 Å². The van der Waals surface area contributed by atoms with Crippen LogP contribution in [-0.4, -0.2) is 48.6 Å². The average molecular weight is 269 g/mol. The third-order valence-corrected chi connectivity index (χ3v) is 2.88. The molecule has 0 saturated heterocycles. The van der Waals surface area contributed by atoms with Crippen molar-refractivity contribution in [1.29, 1.82) is 0 Å². The topological polar surface area (TPSA) is 125 Å². The number of nitrogens with one attached hydrogen (secondary N) is 2. The molecule has 2 rings (SSSR count). The molecule has 0 aliphatic carbocycles. The molecule has 0 radical (unpaired) electrons. The van der Waals surface area contributed by atoms with Crippen LogP contribution in [0.3, 0.4) is 0 Å². The van der Waals surface area contributed by atoms with Gasteiger partial charge in [0.15, 0.2) is 11.2 Å². The maximum absolute atomic E-state index is 11.9. The van der Waals surface area contributed by atoms with Crippen LogP contribution in [0, 0.1) is 0 Å². The molecule has 0 unspecified atom stereocenters. The van der Waals surface area contributed by atoms with E-state index >= 15 is 0 Å². The van der Waals surface area contributed by atoms with E-state index in [0.717, 1.165) is 4.57 Å². The normalized spacial score (nSPS) is 11.4. The van der Waals surface area contributed by atoms with Crippen LogP contribution in [0.25, 0.3) is 11.2 Å². The summed E-state index contributed by atoms with van der Waals surface area (Å²) in [4.78, 5) is 30.4. The zero-order valence-corrected chi connectivity index (χ0v) is 10.5. The third-order valence-electron chi connectivity index (χ3n) is 2.88. The van der Waals surface area contributed by atoms with Gasteiger partial charge < -0.3 is 20.5 Å². The number of fused-ring (bicyclic) bond motifs is 1. The monoisotopic (exact) mass is 269 g/mol. The fraction of sp³-hybridized carbons (Fsp3) is 0.500. The van der Waals surface area contributed by atoms with Crippen molar-refractivity contribution in [2.24, 2.45) is 14.1 Å². The van der Waals surface area contributed by atoms with Gasteiger partial charge in [-0.05, 0) is 0 Å². The minimum atomic E-state index is -0.596. The van der Waals surface area contributed by atoms with Crippen molar-refractivity contribution in [3.05, 3.63) is 20.8 Å². The summed E-state index contributed by atoms with van der Waals surface area (Å²) in [6, 6.07) is -0.596. The lowest BCUT2D eigenvalue weighted by atomic mass is 10.3. The summed E-state index contributed by atoms with van der Waals surface area (Å²) in [6.45, 7) is -0.574. The number of nitrogens with zero attached hydrogens (tertiary/aromatic N) is 3. The summed E-state index contributed by atoms with van der Waals surface area (Å²) in [6.07, 6.45) is 0. The Kier molecular flexibility index (Phi) is 3.40. The molecule has 0 atom stereocenters. The lowest BCUT2D eigenvalue weighted by Crippen LogP contribution is -2.36. The maximum atomic E-state index is 11.9. The molecule has 0 fully saturated rings. The highest BCUT2D eigenvalue weighted by Crippen LogP contribution is 2.09. The van der Waals surface area contributed by atoms with Crippen LogP contribution in [0.2, 0.25) is 0 Å². The molecule has 2 aromatic heterocycles. The van der Waals surface area contributed by atoms with Crippen molar-refractivity contribution in [2.45, 2.75) is 6.04 Å². The van der Waals surface area contributed by atoms with Gasteiger partial charge >= 0.3 is 5.69 Å². The molecule has 0 aliphatic rings. The molecule has 104 valence electrons. The molecule has 9 nitrogen and oxygen atoms in total. The van der Waals surface area contributed by atoms with Gasteiger partial charge in [-0.15, -0.1) is 0 Å². The first-order valence-corrected chi connectivity index (χ1v) is 5.63. The number of hydrogen-bond donors (Lipinski definition) is 4. The number of imidazole rings is 1. The van der Waals surface area contributed by atoms with Crippen LogP contribution in [0.4, 0.5) is 5.95 Å². The molecule has 0 amide bonds. The minimum Gasteiger partial charge on any atom is -0.394 e. The van der Waals surface area contributed by atoms with Crippen LogP contribution in [0.5, 0.6) is 0 Å². The minimum absolute atomic E-state index is 0.182. The van der Waals surface area contributed by atoms with E-state index < -0.39 is 17.3 Å². The molecule has 9 heteroatoms. The number of hydrogen-bond acceptors (Lipinski definition) is 6.